The first-order chi connectivity index (χ1) is 15.5. The second kappa shape index (κ2) is 13.1. The molecule has 0 heterocycles. The molecular weight excluding hydrogens is 545 g/mol. The molecule has 6 nitrogen and oxygen atoms in total. The van der Waals surface area contributed by atoms with Crippen molar-refractivity contribution >= 4 is 60.9 Å². The summed E-state index contributed by atoms with van der Waals surface area (Å²) in [6.45, 7) is 41.9. The first-order valence-electron chi connectivity index (χ1n) is 11.1. The Morgan fingerprint density at radius 2 is 0.824 bits per heavy atom. The predicted octanol–water partition coefficient (Wildman–Crippen LogP) is 5.23. The van der Waals surface area contributed by atoms with Crippen molar-refractivity contribution in [2.75, 3.05) is 0 Å². The van der Waals surface area contributed by atoms with Crippen molar-refractivity contribution in [2.45, 2.75) is 45.8 Å². The van der Waals surface area contributed by atoms with Crippen molar-refractivity contribution in [3.63, 3.8) is 0 Å². The van der Waals surface area contributed by atoms with Gasteiger partial charge in [0.15, 0.2) is 0 Å². The monoisotopic (exact) mass is 588 g/mol. The Morgan fingerprint density at radius 3 is 1.18 bits per heavy atom. The molecule has 0 radical (unpaired) electrons. The molecule has 0 saturated heterocycles. The maximum absolute atomic E-state index is 6.64. The van der Waals surface area contributed by atoms with Crippen LogP contribution >= 0.6 is 0 Å². The molecule has 0 aliphatic carbocycles. The Morgan fingerprint density at radius 1 is 0.471 bits per heavy atom. The minimum absolute atomic E-state index is 0.584. The van der Waals surface area contributed by atoms with Crippen LogP contribution in [0.15, 0.2) is 85.9 Å². The van der Waals surface area contributed by atoms with Gasteiger partial charge in [0.1, 0.15) is 9.76 Å². The molecule has 0 saturated carbocycles. The summed E-state index contributed by atoms with van der Waals surface area (Å²) in [4.78, 5) is 0. The fraction of sp³-hybridized carbons (Fsp3) is 0.333. The molecular formula is C21H44O6Si7. The average molecular weight is 589 g/mol. The highest BCUT2D eigenvalue weighted by Crippen LogP contribution is 2.30. The molecule has 0 aromatic carbocycles. The fourth-order valence-corrected chi connectivity index (χ4v) is 30.4. The van der Waals surface area contributed by atoms with E-state index in [1.54, 1.807) is 39.9 Å². The van der Waals surface area contributed by atoms with Gasteiger partial charge in [0, 0.05) is 0 Å². The van der Waals surface area contributed by atoms with Gasteiger partial charge in [0.05, 0.1) is 0 Å². The molecule has 0 spiro atoms. The van der Waals surface area contributed by atoms with Gasteiger partial charge < -0.3 is 24.7 Å². The van der Waals surface area contributed by atoms with Crippen LogP contribution < -0.4 is 0 Å². The van der Waals surface area contributed by atoms with Crippen LogP contribution in [0.25, 0.3) is 0 Å². The zero-order chi connectivity index (χ0) is 26.9. The third kappa shape index (κ3) is 9.84. The molecule has 0 rings (SSSR count). The fourth-order valence-electron chi connectivity index (χ4n) is 3.43. The summed E-state index contributed by atoms with van der Waals surface area (Å²) in [7, 11) is -17.4. The van der Waals surface area contributed by atoms with Crippen molar-refractivity contribution in [2.24, 2.45) is 0 Å². The highest BCUT2D eigenvalue weighted by molar-refractivity contribution is 7.00. The summed E-state index contributed by atoms with van der Waals surface area (Å²) in [6, 6.07) is 0. The van der Waals surface area contributed by atoms with Gasteiger partial charge in [-0.2, -0.15) is 0 Å². The van der Waals surface area contributed by atoms with Gasteiger partial charge in [-0.3, -0.25) is 0 Å². The summed E-state index contributed by atoms with van der Waals surface area (Å²) in [6.07, 6.45) is 0. The standard InChI is InChI=1S/C21H44O6Si7/c1-15-32(16-2,17-3)26-34(20-6,21-7)27-33(18-4,19-5)25-31(13,14)24-30(11,12)23-29(9,10)22-28-8/h15-21H,1-7,28H2,8-14H3. The molecule has 13 heteroatoms. The van der Waals surface area contributed by atoms with Gasteiger partial charge in [-0.25, -0.2) is 0 Å². The number of hydrogen-bond donors (Lipinski definition) is 0. The average Bonchev–Trinajstić information content (AvgIpc) is 2.74. The van der Waals surface area contributed by atoms with E-state index in [2.05, 4.69) is 52.6 Å². The van der Waals surface area contributed by atoms with Crippen LogP contribution in [-0.4, -0.2) is 60.9 Å². The lowest BCUT2D eigenvalue weighted by Crippen LogP contribution is -2.62. The van der Waals surface area contributed by atoms with Crippen LogP contribution in [0.3, 0.4) is 0 Å². The largest absolute Gasteiger partial charge is 0.442 e. The van der Waals surface area contributed by atoms with E-state index in [0.717, 1.165) is 0 Å². The first-order valence-corrected chi connectivity index (χ1v) is 27.6. The third-order valence-corrected chi connectivity index (χ3v) is 29.1. The molecule has 0 aliphatic rings. The van der Waals surface area contributed by atoms with Crippen molar-refractivity contribution in [1.82, 2.24) is 0 Å². The van der Waals surface area contributed by atoms with E-state index in [1.807, 2.05) is 39.3 Å². The SMILES string of the molecule is C=C[Si](C=C)(C=C)O[Si](C=C)(C=C)O[Si](C=C)(C=C)O[Si](C)(C)O[Si](C)(C)O[Si](C)(C)O[SiH2]C. The molecule has 0 bridgehead atoms. The van der Waals surface area contributed by atoms with E-state index in [1.165, 1.54) is 0 Å². The molecule has 0 aliphatic heterocycles. The second-order valence-electron chi connectivity index (χ2n) is 8.87. The van der Waals surface area contributed by atoms with Crippen LogP contribution in [0.1, 0.15) is 0 Å². The smallest absolute Gasteiger partial charge is 0.373 e. The van der Waals surface area contributed by atoms with E-state index in [-0.39, 0.29) is 0 Å². The van der Waals surface area contributed by atoms with Crippen LogP contribution in [0.2, 0.25) is 45.8 Å². The van der Waals surface area contributed by atoms with E-state index < -0.39 is 60.9 Å². The lowest BCUT2D eigenvalue weighted by Gasteiger charge is -2.43. The van der Waals surface area contributed by atoms with Crippen molar-refractivity contribution in [3.05, 3.63) is 85.9 Å². The third-order valence-electron chi connectivity index (χ3n) is 4.63. The van der Waals surface area contributed by atoms with E-state index in [9.17, 15) is 0 Å². The Balaban J connectivity index is 6.08. The van der Waals surface area contributed by atoms with Crippen LogP contribution in [0.5, 0.6) is 0 Å². The highest BCUT2D eigenvalue weighted by Gasteiger charge is 2.51. The van der Waals surface area contributed by atoms with E-state index in [4.69, 9.17) is 24.7 Å². The molecule has 0 atom stereocenters. The molecule has 34 heavy (non-hydrogen) atoms. The van der Waals surface area contributed by atoms with E-state index in [0.29, 0.717) is 0 Å². The van der Waals surface area contributed by atoms with Gasteiger partial charge in [0.2, 0.25) is 0 Å². The lowest BCUT2D eigenvalue weighted by molar-refractivity contribution is 0.281. The Kier molecular flexibility index (Phi) is 12.9. The van der Waals surface area contributed by atoms with Crippen LogP contribution in [0.4, 0.5) is 0 Å². The molecule has 0 aromatic rings. The molecule has 0 unspecified atom stereocenters. The quantitative estimate of drug-likeness (QED) is 0.193. The second-order valence-corrected chi connectivity index (χ2v) is 30.5. The Hall–Kier alpha value is -0.542. The van der Waals surface area contributed by atoms with Crippen molar-refractivity contribution in [3.8, 4) is 0 Å². The first kappa shape index (κ1) is 33.5. The molecule has 0 amide bonds. The lowest BCUT2D eigenvalue weighted by atomic mass is 11.2. The van der Waals surface area contributed by atoms with Gasteiger partial charge >= 0.3 is 42.8 Å². The minimum Gasteiger partial charge on any atom is -0.442 e. The predicted molar refractivity (Wildman–Crippen MR) is 162 cm³/mol. The normalized spacial score (nSPS) is 14.0. The maximum atomic E-state index is 6.64. The summed E-state index contributed by atoms with van der Waals surface area (Å²) in [5.74, 6) is 0. The minimum atomic E-state index is -3.24. The summed E-state index contributed by atoms with van der Waals surface area (Å²) < 4.78 is 38.7. The Labute approximate surface area is 216 Å². The van der Waals surface area contributed by atoms with Gasteiger partial charge in [0.25, 0.3) is 8.32 Å². The van der Waals surface area contributed by atoms with E-state index >= 15 is 0 Å². The van der Waals surface area contributed by atoms with Gasteiger partial charge in [-0.1, -0.05) is 23.6 Å². The van der Waals surface area contributed by atoms with Crippen LogP contribution in [-0.2, 0) is 24.7 Å². The molecule has 0 fully saturated rings. The summed E-state index contributed by atoms with van der Waals surface area (Å²) in [5.41, 5.74) is 11.9. The number of hydrogen-bond acceptors (Lipinski definition) is 6. The van der Waals surface area contributed by atoms with Crippen molar-refractivity contribution < 1.29 is 24.7 Å². The summed E-state index contributed by atoms with van der Waals surface area (Å²) >= 11 is 0. The zero-order valence-electron chi connectivity index (χ0n) is 22.1. The topological polar surface area (TPSA) is 55.4 Å². The molecule has 0 N–H and O–H groups in total. The van der Waals surface area contributed by atoms with Gasteiger partial charge in [-0.05, 0) is 62.1 Å². The highest BCUT2D eigenvalue weighted by atomic mass is 28.5. The molecule has 0 aromatic heterocycles. The van der Waals surface area contributed by atoms with Crippen molar-refractivity contribution in [1.29, 1.82) is 0 Å². The van der Waals surface area contributed by atoms with Crippen LogP contribution in [0, 0.1) is 0 Å². The summed E-state index contributed by atoms with van der Waals surface area (Å²) in [5, 5.41) is 0. The maximum Gasteiger partial charge on any atom is 0.373 e. The Bertz CT molecular complexity index is 744. The number of rotatable bonds is 19. The van der Waals surface area contributed by atoms with Gasteiger partial charge in [-0.15, -0.1) is 46.1 Å². The zero-order valence-corrected chi connectivity index (χ0v) is 29.6. The molecule has 192 valence electrons.